The lowest BCUT2D eigenvalue weighted by atomic mass is 9.53. The van der Waals surface area contributed by atoms with Crippen LogP contribution < -0.4 is 0 Å². The van der Waals surface area contributed by atoms with Crippen LogP contribution in [0.2, 0.25) is 0 Å². The van der Waals surface area contributed by atoms with Crippen LogP contribution >= 0.6 is 0 Å². The number of unbranched alkanes of at least 4 members (excludes halogenated alkanes) is 1. The van der Waals surface area contributed by atoms with Crippen molar-refractivity contribution in [1.82, 2.24) is 9.55 Å². The van der Waals surface area contributed by atoms with E-state index in [-0.39, 0.29) is 11.3 Å². The molecule has 3 aliphatic rings. The third-order valence-corrected chi connectivity index (χ3v) is 10.4. The molecule has 1 unspecified atom stereocenters. The number of hydrogen-bond donors (Lipinski definition) is 1. The summed E-state index contributed by atoms with van der Waals surface area (Å²) >= 11 is 0. The molecule has 1 aromatic carbocycles. The van der Waals surface area contributed by atoms with Crippen LogP contribution in [0.4, 0.5) is 0 Å². The van der Waals surface area contributed by atoms with E-state index in [1.165, 1.54) is 38.5 Å². The van der Waals surface area contributed by atoms with Crippen molar-refractivity contribution >= 4 is 16.8 Å². The van der Waals surface area contributed by atoms with Crippen LogP contribution in [0.15, 0.2) is 30.6 Å². The second-order valence-electron chi connectivity index (χ2n) is 12.9. The van der Waals surface area contributed by atoms with Gasteiger partial charge >= 0.3 is 0 Å². The lowest BCUT2D eigenvalue weighted by Crippen LogP contribution is -2.46. The van der Waals surface area contributed by atoms with Crippen molar-refractivity contribution in [2.45, 2.75) is 96.6 Å². The Morgan fingerprint density at radius 2 is 2.03 bits per heavy atom. The molecule has 3 fully saturated rings. The van der Waals surface area contributed by atoms with E-state index in [2.05, 4.69) is 18.0 Å². The van der Waals surface area contributed by atoms with Crippen LogP contribution in [-0.4, -0.2) is 39.8 Å². The molecule has 1 heterocycles. The number of carbonyl (C=O) groups excluding carboxylic acids is 1. The van der Waals surface area contributed by atoms with Gasteiger partial charge in [-0.05, 0) is 112 Å². The predicted octanol–water partition coefficient (Wildman–Crippen LogP) is 6.42. The standard InChI is InChI=1S/C31H46N2O3/c1-30(35,15-6-7-17-36-3)19-22-10-11-24-23(18-22)14-16-31(2)25(24)12-13-26(31)29(34)20-33-21-32-27-8-4-5-9-28(27)33/h4-5,8-9,21-26,35H,6-7,10-20H2,1-3H3/t22-,23+,24+,25-,26+,30?,31-/m0/s1. The number of methoxy groups -OCH3 is 1. The summed E-state index contributed by atoms with van der Waals surface area (Å²) in [6.45, 7) is 5.71. The fraction of sp³-hybridized carbons (Fsp3) is 0.742. The zero-order chi connectivity index (χ0) is 25.3. The average molecular weight is 495 g/mol. The van der Waals surface area contributed by atoms with Crippen LogP contribution in [0.25, 0.3) is 11.0 Å². The number of ketones is 1. The molecule has 1 N–H and O–H groups in total. The molecule has 36 heavy (non-hydrogen) atoms. The molecule has 5 heteroatoms. The van der Waals surface area contributed by atoms with Crippen molar-refractivity contribution in [3.63, 3.8) is 0 Å². The third-order valence-electron chi connectivity index (χ3n) is 10.4. The number of hydrogen-bond acceptors (Lipinski definition) is 4. The van der Waals surface area contributed by atoms with Crippen molar-refractivity contribution in [2.75, 3.05) is 13.7 Å². The quantitative estimate of drug-likeness (QED) is 0.387. The summed E-state index contributed by atoms with van der Waals surface area (Å²) in [6.07, 6.45) is 14.2. The maximum atomic E-state index is 13.6. The predicted molar refractivity (Wildman–Crippen MR) is 144 cm³/mol. The van der Waals surface area contributed by atoms with Gasteiger partial charge in [0.1, 0.15) is 0 Å². The van der Waals surface area contributed by atoms with Gasteiger partial charge in [0.15, 0.2) is 5.78 Å². The van der Waals surface area contributed by atoms with Gasteiger partial charge in [0, 0.05) is 19.6 Å². The first-order valence-corrected chi connectivity index (χ1v) is 14.4. The van der Waals surface area contributed by atoms with Crippen molar-refractivity contribution < 1.29 is 14.6 Å². The van der Waals surface area contributed by atoms with Crippen molar-refractivity contribution in [1.29, 1.82) is 0 Å². The minimum absolute atomic E-state index is 0.147. The first-order valence-electron chi connectivity index (χ1n) is 14.4. The zero-order valence-corrected chi connectivity index (χ0v) is 22.6. The third kappa shape index (κ3) is 5.15. The Labute approximate surface area is 217 Å². The number of nitrogens with zero attached hydrogens (tertiary/aromatic N) is 2. The van der Waals surface area contributed by atoms with E-state index in [0.29, 0.717) is 24.2 Å². The highest BCUT2D eigenvalue weighted by atomic mass is 16.5. The first-order chi connectivity index (χ1) is 17.3. The van der Waals surface area contributed by atoms with E-state index >= 15 is 0 Å². The SMILES string of the molecule is COCCCCC(C)(O)C[C@H]1CC[C@@H]2[C@H](CC[C@]3(C)[C@@H](C(=O)Cn4cnc5ccccc54)CC[C@@H]23)C1. The lowest BCUT2D eigenvalue weighted by Gasteiger charge is -2.52. The smallest absolute Gasteiger partial charge is 0.156 e. The number of carbonyl (C=O) groups is 1. The van der Waals surface area contributed by atoms with Gasteiger partial charge < -0.3 is 14.4 Å². The Balaban J connectivity index is 1.19. The van der Waals surface area contributed by atoms with E-state index in [1.54, 1.807) is 7.11 Å². The molecule has 7 atom stereocenters. The topological polar surface area (TPSA) is 64.3 Å². The van der Waals surface area contributed by atoms with E-state index < -0.39 is 5.60 Å². The number of Topliss-reactive ketones (excluding diaryl/α,β-unsaturated/α-hetero) is 1. The molecule has 0 amide bonds. The van der Waals surface area contributed by atoms with Crippen LogP contribution in [0, 0.1) is 35.0 Å². The molecule has 0 saturated heterocycles. The van der Waals surface area contributed by atoms with E-state index in [4.69, 9.17) is 4.74 Å². The molecule has 0 bridgehead atoms. The van der Waals surface area contributed by atoms with Crippen molar-refractivity contribution in [3.8, 4) is 0 Å². The summed E-state index contributed by atoms with van der Waals surface area (Å²) in [6, 6.07) is 8.11. The summed E-state index contributed by atoms with van der Waals surface area (Å²) in [5, 5.41) is 11.0. The minimum Gasteiger partial charge on any atom is -0.390 e. The molecule has 3 saturated carbocycles. The number of para-hydroxylation sites is 2. The summed E-state index contributed by atoms with van der Waals surface area (Å²) in [4.78, 5) is 18.1. The second-order valence-corrected chi connectivity index (χ2v) is 12.9. The number of imidazole rings is 1. The van der Waals surface area contributed by atoms with Crippen LogP contribution in [0.1, 0.15) is 84.5 Å². The number of fused-ring (bicyclic) bond motifs is 4. The Morgan fingerprint density at radius 1 is 1.19 bits per heavy atom. The number of benzene rings is 1. The summed E-state index contributed by atoms with van der Waals surface area (Å²) in [5.74, 6) is 3.44. The Hall–Kier alpha value is -1.72. The fourth-order valence-corrected chi connectivity index (χ4v) is 8.67. The largest absolute Gasteiger partial charge is 0.390 e. The highest BCUT2D eigenvalue weighted by molar-refractivity contribution is 5.84. The minimum atomic E-state index is -0.559. The Morgan fingerprint density at radius 3 is 2.86 bits per heavy atom. The lowest BCUT2D eigenvalue weighted by molar-refractivity contribution is -0.129. The van der Waals surface area contributed by atoms with Gasteiger partial charge in [-0.3, -0.25) is 4.79 Å². The maximum absolute atomic E-state index is 13.6. The first kappa shape index (κ1) is 25.9. The molecular weight excluding hydrogens is 448 g/mol. The average Bonchev–Trinajstić information content (AvgIpc) is 3.42. The van der Waals surface area contributed by atoms with Gasteiger partial charge in [0.2, 0.25) is 0 Å². The van der Waals surface area contributed by atoms with Gasteiger partial charge in [0.05, 0.1) is 29.5 Å². The zero-order valence-electron chi connectivity index (χ0n) is 22.6. The molecule has 3 aliphatic carbocycles. The number of aromatic nitrogens is 2. The molecular formula is C31H46N2O3. The second kappa shape index (κ2) is 10.6. The molecule has 0 aliphatic heterocycles. The molecule has 198 valence electrons. The van der Waals surface area contributed by atoms with Crippen LogP contribution in [0.3, 0.4) is 0 Å². The molecule has 5 nitrogen and oxygen atoms in total. The normalized spacial score (nSPS) is 33.7. The van der Waals surface area contributed by atoms with Crippen LogP contribution in [0.5, 0.6) is 0 Å². The highest BCUT2D eigenvalue weighted by Crippen LogP contribution is 2.62. The highest BCUT2D eigenvalue weighted by Gasteiger charge is 2.56. The summed E-state index contributed by atoms with van der Waals surface area (Å²) in [5.41, 5.74) is 1.61. The Bertz CT molecular complexity index is 1050. The molecule has 0 radical (unpaired) electrons. The van der Waals surface area contributed by atoms with E-state index in [1.807, 2.05) is 36.0 Å². The number of rotatable bonds is 10. The molecule has 1 aromatic heterocycles. The number of aliphatic hydroxyl groups is 1. The van der Waals surface area contributed by atoms with Crippen molar-refractivity contribution in [2.24, 2.45) is 35.0 Å². The van der Waals surface area contributed by atoms with Gasteiger partial charge in [0.25, 0.3) is 0 Å². The number of ether oxygens (including phenoxy) is 1. The molecule has 0 spiro atoms. The van der Waals surface area contributed by atoms with Gasteiger partial charge in [-0.15, -0.1) is 0 Å². The molecule has 2 aromatic rings. The van der Waals surface area contributed by atoms with Gasteiger partial charge in [-0.1, -0.05) is 25.5 Å². The van der Waals surface area contributed by atoms with Crippen LogP contribution in [-0.2, 0) is 16.1 Å². The summed E-state index contributed by atoms with van der Waals surface area (Å²) < 4.78 is 7.21. The van der Waals surface area contributed by atoms with Gasteiger partial charge in [-0.2, -0.15) is 0 Å². The van der Waals surface area contributed by atoms with E-state index in [0.717, 1.165) is 61.6 Å². The fourth-order valence-electron chi connectivity index (χ4n) is 8.67. The summed E-state index contributed by atoms with van der Waals surface area (Å²) in [7, 11) is 1.75. The monoisotopic (exact) mass is 494 g/mol. The van der Waals surface area contributed by atoms with Gasteiger partial charge in [-0.25, -0.2) is 4.98 Å². The molecule has 5 rings (SSSR count). The van der Waals surface area contributed by atoms with Crippen molar-refractivity contribution in [3.05, 3.63) is 30.6 Å². The van der Waals surface area contributed by atoms with E-state index in [9.17, 15) is 9.90 Å². The Kier molecular flexibility index (Phi) is 7.61. The maximum Gasteiger partial charge on any atom is 0.156 e.